The fourth-order valence-corrected chi connectivity index (χ4v) is 0.528. The summed E-state index contributed by atoms with van der Waals surface area (Å²) in [7, 11) is 0. The zero-order chi connectivity index (χ0) is 12.3. The molecule has 0 fully saturated rings. The molecule has 0 bridgehead atoms. The lowest BCUT2D eigenvalue weighted by molar-refractivity contribution is -0.148. The Balaban J connectivity index is 4.26. The fourth-order valence-electron chi connectivity index (χ4n) is 0.528. The van der Waals surface area contributed by atoms with Crippen molar-refractivity contribution in [2.45, 2.75) is 38.8 Å². The third kappa shape index (κ3) is 5.34. The largest absolute Gasteiger partial charge is 0.516 e. The van der Waals surface area contributed by atoms with Crippen LogP contribution < -0.4 is 5.73 Å². The Kier molecular flexibility index (Phi) is 4.24. The Morgan fingerprint density at radius 1 is 1.27 bits per heavy atom. The van der Waals surface area contributed by atoms with E-state index in [-0.39, 0.29) is 0 Å². The molecule has 6 heteroatoms. The predicted molar refractivity (Wildman–Crippen MR) is 52.0 cm³/mol. The lowest BCUT2D eigenvalue weighted by atomic mass is 10.1. The molecular formula is C9H17NO5. The minimum Gasteiger partial charge on any atom is -0.428 e. The summed E-state index contributed by atoms with van der Waals surface area (Å²) in [5, 5.41) is 8.73. The summed E-state index contributed by atoms with van der Waals surface area (Å²) in [5.74, 6) is -1.03. The summed E-state index contributed by atoms with van der Waals surface area (Å²) in [6, 6.07) is 0. The van der Waals surface area contributed by atoms with Gasteiger partial charge >= 0.3 is 12.1 Å². The number of aliphatic hydroxyl groups excluding tert-OH is 1. The van der Waals surface area contributed by atoms with Crippen LogP contribution in [0.25, 0.3) is 0 Å². The maximum atomic E-state index is 11.2. The SMILES string of the molecule is CC(C)(C)OC(=O)OC(=O)[C@@](C)(N)CO. The standard InChI is InChI=1S/C9H17NO5/c1-8(2,3)15-7(13)14-6(12)9(4,10)5-11/h11H,5,10H2,1-4H3/t9-/m0/s1. The highest BCUT2D eigenvalue weighted by molar-refractivity contribution is 5.88. The van der Waals surface area contributed by atoms with E-state index in [1.54, 1.807) is 20.8 Å². The number of esters is 1. The molecule has 6 nitrogen and oxygen atoms in total. The number of nitrogens with two attached hydrogens (primary N) is 1. The van der Waals surface area contributed by atoms with Crippen LogP contribution in [0.3, 0.4) is 0 Å². The molecule has 0 saturated heterocycles. The molecule has 88 valence electrons. The summed E-state index contributed by atoms with van der Waals surface area (Å²) in [4.78, 5) is 22.2. The third-order valence-electron chi connectivity index (χ3n) is 1.36. The van der Waals surface area contributed by atoms with E-state index in [2.05, 4.69) is 4.74 Å². The van der Waals surface area contributed by atoms with Gasteiger partial charge in [0.05, 0.1) is 6.61 Å². The van der Waals surface area contributed by atoms with Crippen molar-refractivity contribution in [2.24, 2.45) is 5.73 Å². The van der Waals surface area contributed by atoms with Gasteiger partial charge in [0.25, 0.3) is 0 Å². The van der Waals surface area contributed by atoms with Gasteiger partial charge in [-0.1, -0.05) is 0 Å². The number of ether oxygens (including phenoxy) is 2. The van der Waals surface area contributed by atoms with Crippen LogP contribution in [0.4, 0.5) is 4.79 Å². The highest BCUT2D eigenvalue weighted by atomic mass is 16.7. The molecule has 0 aliphatic heterocycles. The van der Waals surface area contributed by atoms with Crippen molar-refractivity contribution in [3.63, 3.8) is 0 Å². The summed E-state index contributed by atoms with van der Waals surface area (Å²) < 4.78 is 9.03. The number of hydrogen-bond donors (Lipinski definition) is 2. The monoisotopic (exact) mass is 219 g/mol. The molecule has 0 saturated carbocycles. The van der Waals surface area contributed by atoms with Crippen LogP contribution in [0.2, 0.25) is 0 Å². The van der Waals surface area contributed by atoms with Gasteiger partial charge in [0.15, 0.2) is 0 Å². The summed E-state index contributed by atoms with van der Waals surface area (Å²) in [5.41, 5.74) is 2.99. The molecule has 0 heterocycles. The van der Waals surface area contributed by atoms with E-state index in [4.69, 9.17) is 15.6 Å². The molecule has 0 aromatic carbocycles. The van der Waals surface area contributed by atoms with E-state index in [9.17, 15) is 9.59 Å². The van der Waals surface area contributed by atoms with Crippen molar-refractivity contribution < 1.29 is 24.2 Å². The van der Waals surface area contributed by atoms with Crippen LogP contribution in [0.15, 0.2) is 0 Å². The van der Waals surface area contributed by atoms with Crippen LogP contribution >= 0.6 is 0 Å². The lowest BCUT2D eigenvalue weighted by Crippen LogP contribution is -2.50. The second-order valence-electron chi connectivity index (χ2n) is 4.43. The first-order valence-corrected chi connectivity index (χ1v) is 4.43. The molecule has 0 radical (unpaired) electrons. The molecule has 0 amide bonds. The van der Waals surface area contributed by atoms with Crippen LogP contribution in [-0.4, -0.2) is 35.0 Å². The first kappa shape index (κ1) is 13.9. The number of hydrogen-bond acceptors (Lipinski definition) is 6. The van der Waals surface area contributed by atoms with Crippen LogP contribution in [-0.2, 0) is 14.3 Å². The summed E-state index contributed by atoms with van der Waals surface area (Å²) >= 11 is 0. The van der Waals surface area contributed by atoms with Crippen molar-refractivity contribution in [3.05, 3.63) is 0 Å². The molecule has 0 aliphatic carbocycles. The molecule has 0 aliphatic rings. The third-order valence-corrected chi connectivity index (χ3v) is 1.36. The maximum absolute atomic E-state index is 11.2. The van der Waals surface area contributed by atoms with Crippen LogP contribution in [0.5, 0.6) is 0 Å². The summed E-state index contributed by atoms with van der Waals surface area (Å²) in [6.07, 6.45) is -1.13. The fraction of sp³-hybridized carbons (Fsp3) is 0.778. The van der Waals surface area contributed by atoms with Crippen LogP contribution in [0, 0.1) is 0 Å². The molecule has 0 aromatic heterocycles. The number of aliphatic hydroxyl groups is 1. The van der Waals surface area contributed by atoms with Crippen molar-refractivity contribution in [1.82, 2.24) is 0 Å². The molecule has 0 aromatic rings. The number of carbonyl (C=O) groups is 2. The normalized spacial score (nSPS) is 15.3. The average molecular weight is 219 g/mol. The smallest absolute Gasteiger partial charge is 0.428 e. The lowest BCUT2D eigenvalue weighted by Gasteiger charge is -2.21. The maximum Gasteiger partial charge on any atom is 0.516 e. The highest BCUT2D eigenvalue weighted by Gasteiger charge is 2.32. The van der Waals surface area contributed by atoms with Crippen molar-refractivity contribution in [2.75, 3.05) is 6.61 Å². The zero-order valence-corrected chi connectivity index (χ0v) is 9.36. The van der Waals surface area contributed by atoms with Gasteiger partial charge in [-0.2, -0.15) is 0 Å². The van der Waals surface area contributed by atoms with Crippen molar-refractivity contribution in [3.8, 4) is 0 Å². The first-order valence-electron chi connectivity index (χ1n) is 4.43. The molecule has 0 spiro atoms. The Morgan fingerprint density at radius 2 is 1.73 bits per heavy atom. The number of rotatable bonds is 2. The van der Waals surface area contributed by atoms with Gasteiger partial charge in [-0.3, -0.25) is 0 Å². The predicted octanol–water partition coefficient (Wildman–Crippen LogP) is 0.174. The molecule has 0 unspecified atom stereocenters. The average Bonchev–Trinajstić information content (AvgIpc) is 2.00. The van der Waals surface area contributed by atoms with Crippen molar-refractivity contribution >= 4 is 12.1 Å². The Bertz CT molecular complexity index is 254. The second-order valence-corrected chi connectivity index (χ2v) is 4.43. The molecule has 1 atom stereocenters. The van der Waals surface area contributed by atoms with Gasteiger partial charge in [0, 0.05) is 0 Å². The van der Waals surface area contributed by atoms with E-state index >= 15 is 0 Å². The van der Waals surface area contributed by atoms with E-state index in [0.717, 1.165) is 0 Å². The minimum atomic E-state index is -1.60. The Hall–Kier alpha value is -1.14. The van der Waals surface area contributed by atoms with Gasteiger partial charge in [-0.15, -0.1) is 0 Å². The quantitative estimate of drug-likeness (QED) is 0.507. The number of carbonyl (C=O) groups excluding carboxylic acids is 2. The first-order chi connectivity index (χ1) is 6.58. The van der Waals surface area contributed by atoms with E-state index in [0.29, 0.717) is 0 Å². The summed E-state index contributed by atoms with van der Waals surface area (Å²) in [6.45, 7) is 5.53. The molecule has 0 rings (SSSR count). The Morgan fingerprint density at radius 3 is 2.07 bits per heavy atom. The van der Waals surface area contributed by atoms with E-state index in [1.807, 2.05) is 0 Å². The Labute approximate surface area is 88.3 Å². The molecule has 15 heavy (non-hydrogen) atoms. The van der Waals surface area contributed by atoms with Crippen molar-refractivity contribution in [1.29, 1.82) is 0 Å². The van der Waals surface area contributed by atoms with Gasteiger partial charge in [-0.05, 0) is 27.7 Å². The molecular weight excluding hydrogens is 202 g/mol. The van der Waals surface area contributed by atoms with E-state index in [1.165, 1.54) is 6.92 Å². The van der Waals surface area contributed by atoms with Gasteiger partial charge in [0.1, 0.15) is 11.1 Å². The van der Waals surface area contributed by atoms with Gasteiger partial charge in [0.2, 0.25) is 0 Å². The zero-order valence-electron chi connectivity index (χ0n) is 9.36. The highest BCUT2D eigenvalue weighted by Crippen LogP contribution is 2.10. The van der Waals surface area contributed by atoms with Crippen LogP contribution in [0.1, 0.15) is 27.7 Å². The topological polar surface area (TPSA) is 98.9 Å². The van der Waals surface area contributed by atoms with Gasteiger partial charge < -0.3 is 20.3 Å². The van der Waals surface area contributed by atoms with Gasteiger partial charge in [-0.25, -0.2) is 9.59 Å². The minimum absolute atomic E-state index is 0.616. The van der Waals surface area contributed by atoms with E-state index < -0.39 is 29.9 Å². The second kappa shape index (κ2) is 4.59. The molecule has 3 N–H and O–H groups in total.